The predicted octanol–water partition coefficient (Wildman–Crippen LogP) is 3.80. The third-order valence-electron chi connectivity index (χ3n) is 2.29. The average molecular weight is 355 g/mol. The van der Waals surface area contributed by atoms with E-state index in [2.05, 4.69) is 44.1 Å². The summed E-state index contributed by atoms with van der Waals surface area (Å²) in [6.07, 6.45) is 0.899. The van der Waals surface area contributed by atoms with Crippen molar-refractivity contribution in [1.29, 1.82) is 0 Å². The first-order valence-electron chi connectivity index (χ1n) is 4.64. The van der Waals surface area contributed by atoms with Crippen LogP contribution in [0.1, 0.15) is 29.9 Å². The Morgan fingerprint density at radius 2 is 2.27 bits per heavy atom. The zero-order valence-corrected chi connectivity index (χ0v) is 12.6. The zero-order valence-electron chi connectivity index (χ0n) is 8.64. The lowest BCUT2D eigenvalue weighted by molar-refractivity contribution is 0.0917. The van der Waals surface area contributed by atoms with Crippen LogP contribution in [0.3, 0.4) is 0 Å². The quantitative estimate of drug-likeness (QED) is 0.818. The minimum absolute atomic E-state index is 0.00509. The molecule has 1 aromatic rings. The molecule has 1 heterocycles. The van der Waals surface area contributed by atoms with Gasteiger partial charge in [-0.25, -0.2) is 0 Å². The van der Waals surface area contributed by atoms with Gasteiger partial charge in [-0.15, -0.1) is 11.3 Å². The molecule has 0 aliphatic rings. The molecule has 84 valence electrons. The van der Waals surface area contributed by atoms with E-state index in [1.165, 1.54) is 11.3 Å². The van der Waals surface area contributed by atoms with Crippen molar-refractivity contribution < 1.29 is 4.79 Å². The number of amides is 1. The van der Waals surface area contributed by atoms with Gasteiger partial charge in [0.15, 0.2) is 0 Å². The first-order chi connectivity index (χ1) is 7.00. The van der Waals surface area contributed by atoms with Crippen molar-refractivity contribution in [3.05, 3.63) is 20.8 Å². The smallest absolute Gasteiger partial charge is 0.261 e. The van der Waals surface area contributed by atoms with Crippen LogP contribution in [0.5, 0.6) is 0 Å². The van der Waals surface area contributed by atoms with E-state index in [0.29, 0.717) is 0 Å². The van der Waals surface area contributed by atoms with E-state index in [-0.39, 0.29) is 11.4 Å². The molecular weight excluding hydrogens is 342 g/mol. The molecule has 2 nitrogen and oxygen atoms in total. The molecule has 0 aliphatic heterocycles. The minimum atomic E-state index is -0.173. The van der Waals surface area contributed by atoms with Crippen molar-refractivity contribution in [2.75, 3.05) is 5.33 Å². The van der Waals surface area contributed by atoms with Crippen LogP contribution in [0.15, 0.2) is 15.9 Å². The highest BCUT2D eigenvalue weighted by Crippen LogP contribution is 2.23. The molecule has 1 amide bonds. The van der Waals surface area contributed by atoms with Crippen LogP contribution in [0.4, 0.5) is 0 Å². The monoisotopic (exact) mass is 353 g/mol. The maximum absolute atomic E-state index is 11.8. The van der Waals surface area contributed by atoms with Crippen LogP contribution in [0.25, 0.3) is 0 Å². The van der Waals surface area contributed by atoms with Crippen LogP contribution >= 0.6 is 43.2 Å². The van der Waals surface area contributed by atoms with E-state index in [1.54, 1.807) is 0 Å². The lowest BCUT2D eigenvalue weighted by atomic mass is 10.0. The highest BCUT2D eigenvalue weighted by Gasteiger charge is 2.23. The van der Waals surface area contributed by atoms with E-state index in [1.807, 2.05) is 19.1 Å². The van der Waals surface area contributed by atoms with E-state index >= 15 is 0 Å². The average Bonchev–Trinajstić information content (AvgIpc) is 2.65. The van der Waals surface area contributed by atoms with E-state index in [9.17, 15) is 4.79 Å². The van der Waals surface area contributed by atoms with Crippen molar-refractivity contribution in [2.24, 2.45) is 0 Å². The molecule has 0 spiro atoms. The second kappa shape index (κ2) is 5.46. The number of nitrogens with one attached hydrogen (secondary N) is 1. The van der Waals surface area contributed by atoms with Gasteiger partial charge in [0.25, 0.3) is 5.91 Å². The number of rotatable bonds is 4. The molecule has 0 radical (unpaired) electrons. The fourth-order valence-electron chi connectivity index (χ4n) is 0.988. The lowest BCUT2D eigenvalue weighted by Crippen LogP contribution is -2.46. The summed E-state index contributed by atoms with van der Waals surface area (Å²) < 4.78 is 0.977. The number of thiophene rings is 1. The Balaban J connectivity index is 2.71. The molecule has 0 saturated carbocycles. The number of hydrogen-bond donors (Lipinski definition) is 1. The number of halogens is 2. The Hall–Kier alpha value is 0.130. The minimum Gasteiger partial charge on any atom is -0.345 e. The van der Waals surface area contributed by atoms with Gasteiger partial charge in [-0.05, 0) is 41.4 Å². The zero-order chi connectivity index (χ0) is 11.5. The van der Waals surface area contributed by atoms with Crippen molar-refractivity contribution in [1.82, 2.24) is 5.32 Å². The Bertz CT molecular complexity index is 347. The maximum Gasteiger partial charge on any atom is 0.261 e. The number of hydrogen-bond acceptors (Lipinski definition) is 2. The largest absolute Gasteiger partial charge is 0.345 e. The molecule has 0 aliphatic carbocycles. The fraction of sp³-hybridized carbons (Fsp3) is 0.500. The fourth-order valence-corrected chi connectivity index (χ4v) is 2.81. The van der Waals surface area contributed by atoms with Gasteiger partial charge in [-0.2, -0.15) is 0 Å². The maximum atomic E-state index is 11.8. The van der Waals surface area contributed by atoms with E-state index in [4.69, 9.17) is 0 Å². The third kappa shape index (κ3) is 3.57. The molecule has 1 unspecified atom stereocenters. The van der Waals surface area contributed by atoms with Crippen LogP contribution in [-0.4, -0.2) is 16.8 Å². The third-order valence-corrected chi connectivity index (χ3v) is 5.15. The summed E-state index contributed by atoms with van der Waals surface area (Å²) in [6.45, 7) is 4.09. The molecule has 0 saturated heterocycles. The summed E-state index contributed by atoms with van der Waals surface area (Å²) in [7, 11) is 0. The number of carbonyl (C=O) groups excluding carboxylic acids is 1. The summed E-state index contributed by atoms with van der Waals surface area (Å²) in [5.41, 5.74) is -0.173. The predicted molar refractivity (Wildman–Crippen MR) is 72.0 cm³/mol. The van der Waals surface area contributed by atoms with Gasteiger partial charge in [-0.1, -0.05) is 22.9 Å². The summed E-state index contributed by atoms with van der Waals surface area (Å²) in [4.78, 5) is 12.6. The molecule has 1 atom stereocenters. The standard InChI is InChI=1S/C10H13Br2NOS/c1-3-10(2,6-11)13-9(14)7-4-5-8(12)15-7/h4-5H,3,6H2,1-2H3,(H,13,14). The van der Waals surface area contributed by atoms with Gasteiger partial charge in [0.2, 0.25) is 0 Å². The molecule has 1 aromatic heterocycles. The Morgan fingerprint density at radius 3 is 2.67 bits per heavy atom. The molecule has 5 heteroatoms. The SMILES string of the molecule is CCC(C)(CBr)NC(=O)c1ccc(Br)s1. The van der Waals surface area contributed by atoms with Crippen LogP contribution in [0.2, 0.25) is 0 Å². The molecule has 0 fully saturated rings. The van der Waals surface area contributed by atoms with Gasteiger partial charge < -0.3 is 5.32 Å². The number of alkyl halides is 1. The molecule has 15 heavy (non-hydrogen) atoms. The second-order valence-corrected chi connectivity index (χ2v) is 6.63. The number of carbonyl (C=O) groups is 1. The van der Waals surface area contributed by atoms with Crippen molar-refractivity contribution in [3.8, 4) is 0 Å². The van der Waals surface area contributed by atoms with E-state index < -0.39 is 0 Å². The van der Waals surface area contributed by atoms with Crippen LogP contribution in [-0.2, 0) is 0 Å². The highest BCUT2D eigenvalue weighted by molar-refractivity contribution is 9.11. The summed E-state index contributed by atoms with van der Waals surface area (Å²) in [5.74, 6) is -0.00509. The summed E-state index contributed by atoms with van der Waals surface area (Å²) in [6, 6.07) is 3.71. The first-order valence-corrected chi connectivity index (χ1v) is 7.37. The van der Waals surface area contributed by atoms with Crippen LogP contribution in [0, 0.1) is 0 Å². The molecule has 0 aromatic carbocycles. The molecular formula is C10H13Br2NOS. The Kier molecular flexibility index (Phi) is 4.80. The van der Waals surface area contributed by atoms with Crippen molar-refractivity contribution in [3.63, 3.8) is 0 Å². The van der Waals surface area contributed by atoms with Crippen LogP contribution < -0.4 is 5.32 Å². The second-order valence-electron chi connectivity index (χ2n) is 3.61. The van der Waals surface area contributed by atoms with Gasteiger partial charge in [-0.3, -0.25) is 4.79 Å². The van der Waals surface area contributed by atoms with Gasteiger partial charge in [0.1, 0.15) is 0 Å². The van der Waals surface area contributed by atoms with Crippen molar-refractivity contribution >= 4 is 49.1 Å². The Labute approximate surface area is 111 Å². The highest BCUT2D eigenvalue weighted by atomic mass is 79.9. The van der Waals surface area contributed by atoms with E-state index in [0.717, 1.165) is 20.4 Å². The van der Waals surface area contributed by atoms with Crippen molar-refractivity contribution in [2.45, 2.75) is 25.8 Å². The topological polar surface area (TPSA) is 29.1 Å². The molecule has 1 rings (SSSR count). The van der Waals surface area contributed by atoms with Gasteiger partial charge >= 0.3 is 0 Å². The molecule has 1 N–H and O–H groups in total. The van der Waals surface area contributed by atoms with Gasteiger partial charge in [0, 0.05) is 10.9 Å². The first kappa shape index (κ1) is 13.2. The lowest BCUT2D eigenvalue weighted by Gasteiger charge is -2.26. The summed E-state index contributed by atoms with van der Waals surface area (Å²) >= 11 is 8.21. The summed E-state index contributed by atoms with van der Waals surface area (Å²) in [5, 5.41) is 3.78. The Morgan fingerprint density at radius 1 is 1.60 bits per heavy atom. The normalized spacial score (nSPS) is 14.7. The molecule has 0 bridgehead atoms. The van der Waals surface area contributed by atoms with Gasteiger partial charge in [0.05, 0.1) is 8.66 Å².